The second kappa shape index (κ2) is 8.31. The Labute approximate surface area is 118 Å². The molecule has 1 aromatic carbocycles. The standard InChI is InChI=1S/C16H29N3/c1-13(2)11-14-5-7-15(8-6-14)16(12-17)18-9-10-19(3)4/h5-8,13,16,18H,9-12,17H2,1-4H3. The number of nitrogens with zero attached hydrogens (tertiary/aromatic N) is 1. The maximum atomic E-state index is 5.86. The van der Waals surface area contributed by atoms with Crippen LogP contribution in [-0.4, -0.2) is 38.6 Å². The molecule has 0 amide bonds. The second-order valence-electron chi connectivity index (χ2n) is 5.89. The van der Waals surface area contributed by atoms with Crippen LogP contribution in [-0.2, 0) is 6.42 Å². The number of hydrogen-bond acceptors (Lipinski definition) is 3. The highest BCUT2D eigenvalue weighted by Gasteiger charge is 2.08. The van der Waals surface area contributed by atoms with E-state index in [1.165, 1.54) is 11.1 Å². The Morgan fingerprint density at radius 1 is 1.16 bits per heavy atom. The maximum Gasteiger partial charge on any atom is 0.0444 e. The lowest BCUT2D eigenvalue weighted by Crippen LogP contribution is -2.33. The zero-order chi connectivity index (χ0) is 14.3. The van der Waals surface area contributed by atoms with Gasteiger partial charge in [-0.1, -0.05) is 38.1 Å². The molecule has 3 nitrogen and oxygen atoms in total. The molecule has 0 aromatic heterocycles. The fourth-order valence-electron chi connectivity index (χ4n) is 2.16. The summed E-state index contributed by atoms with van der Waals surface area (Å²) in [4.78, 5) is 2.17. The summed E-state index contributed by atoms with van der Waals surface area (Å²) in [5, 5.41) is 3.51. The van der Waals surface area contributed by atoms with Crippen molar-refractivity contribution >= 4 is 0 Å². The van der Waals surface area contributed by atoms with Crippen molar-refractivity contribution in [3.63, 3.8) is 0 Å². The topological polar surface area (TPSA) is 41.3 Å². The summed E-state index contributed by atoms with van der Waals surface area (Å²) < 4.78 is 0. The highest BCUT2D eigenvalue weighted by molar-refractivity contribution is 5.25. The van der Waals surface area contributed by atoms with Crippen LogP contribution in [0.2, 0.25) is 0 Å². The molecule has 0 saturated heterocycles. The van der Waals surface area contributed by atoms with Crippen molar-refractivity contribution in [2.75, 3.05) is 33.7 Å². The van der Waals surface area contributed by atoms with E-state index < -0.39 is 0 Å². The molecule has 108 valence electrons. The molecule has 19 heavy (non-hydrogen) atoms. The molecule has 1 atom stereocenters. The SMILES string of the molecule is CC(C)Cc1ccc(C(CN)NCCN(C)C)cc1. The molecule has 3 N–H and O–H groups in total. The van der Waals surface area contributed by atoms with Gasteiger partial charge in [-0.2, -0.15) is 0 Å². The van der Waals surface area contributed by atoms with Gasteiger partial charge in [0.05, 0.1) is 0 Å². The van der Waals surface area contributed by atoms with E-state index in [1.807, 2.05) is 0 Å². The summed E-state index contributed by atoms with van der Waals surface area (Å²) in [6.45, 7) is 7.13. The first-order chi connectivity index (χ1) is 9.02. The fraction of sp³-hybridized carbons (Fsp3) is 0.625. The van der Waals surface area contributed by atoms with Crippen molar-refractivity contribution in [1.82, 2.24) is 10.2 Å². The molecular formula is C16H29N3. The Balaban J connectivity index is 2.55. The largest absolute Gasteiger partial charge is 0.329 e. The molecule has 0 radical (unpaired) electrons. The number of hydrogen-bond donors (Lipinski definition) is 2. The van der Waals surface area contributed by atoms with Gasteiger partial charge in [-0.3, -0.25) is 0 Å². The summed E-state index contributed by atoms with van der Waals surface area (Å²) in [6, 6.07) is 9.13. The van der Waals surface area contributed by atoms with Crippen molar-refractivity contribution in [1.29, 1.82) is 0 Å². The molecule has 1 unspecified atom stereocenters. The van der Waals surface area contributed by atoms with E-state index in [-0.39, 0.29) is 6.04 Å². The van der Waals surface area contributed by atoms with Crippen LogP contribution in [0, 0.1) is 5.92 Å². The normalized spacial score (nSPS) is 13.2. The van der Waals surface area contributed by atoms with Crippen LogP contribution in [0.3, 0.4) is 0 Å². The number of rotatable bonds is 8. The minimum atomic E-state index is 0.257. The minimum absolute atomic E-state index is 0.257. The first-order valence-corrected chi connectivity index (χ1v) is 7.20. The average Bonchev–Trinajstić information content (AvgIpc) is 2.35. The number of nitrogens with two attached hydrogens (primary N) is 1. The van der Waals surface area contributed by atoms with Crippen molar-refractivity contribution in [2.45, 2.75) is 26.3 Å². The Bertz CT molecular complexity index is 344. The van der Waals surface area contributed by atoms with Crippen LogP contribution in [0.15, 0.2) is 24.3 Å². The molecule has 1 aromatic rings. The molecular weight excluding hydrogens is 234 g/mol. The van der Waals surface area contributed by atoms with E-state index in [4.69, 9.17) is 5.73 Å². The highest BCUT2D eigenvalue weighted by atomic mass is 15.1. The summed E-state index contributed by atoms with van der Waals surface area (Å²) >= 11 is 0. The van der Waals surface area contributed by atoms with Gasteiger partial charge in [0.2, 0.25) is 0 Å². The van der Waals surface area contributed by atoms with Gasteiger partial charge in [0.25, 0.3) is 0 Å². The Morgan fingerprint density at radius 3 is 2.26 bits per heavy atom. The van der Waals surface area contributed by atoms with Crippen molar-refractivity contribution in [2.24, 2.45) is 11.7 Å². The average molecular weight is 263 g/mol. The smallest absolute Gasteiger partial charge is 0.0444 e. The summed E-state index contributed by atoms with van der Waals surface area (Å²) in [5.41, 5.74) is 8.56. The first kappa shape index (κ1) is 16.2. The molecule has 0 bridgehead atoms. The van der Waals surface area contributed by atoms with Crippen LogP contribution in [0.4, 0.5) is 0 Å². The number of likely N-dealkylation sites (N-methyl/N-ethyl adjacent to an activating group) is 1. The Hall–Kier alpha value is -0.900. The van der Waals surface area contributed by atoms with E-state index in [9.17, 15) is 0 Å². The summed E-state index contributed by atoms with van der Waals surface area (Å²) in [5.74, 6) is 0.703. The molecule has 0 aliphatic heterocycles. The predicted molar refractivity (Wildman–Crippen MR) is 83.3 cm³/mol. The Kier molecular flexibility index (Phi) is 7.06. The lowest BCUT2D eigenvalue weighted by atomic mass is 9.99. The van der Waals surface area contributed by atoms with Gasteiger partial charge in [-0.05, 0) is 37.6 Å². The molecule has 0 heterocycles. The van der Waals surface area contributed by atoms with Crippen LogP contribution < -0.4 is 11.1 Å². The molecule has 0 fully saturated rings. The van der Waals surface area contributed by atoms with Crippen LogP contribution in [0.25, 0.3) is 0 Å². The van der Waals surface area contributed by atoms with Gasteiger partial charge < -0.3 is 16.0 Å². The molecule has 0 aliphatic carbocycles. The third-order valence-electron chi connectivity index (χ3n) is 3.21. The van der Waals surface area contributed by atoms with Gasteiger partial charge in [0.15, 0.2) is 0 Å². The lowest BCUT2D eigenvalue weighted by Gasteiger charge is -2.19. The quantitative estimate of drug-likeness (QED) is 0.754. The van der Waals surface area contributed by atoms with E-state index in [2.05, 4.69) is 62.4 Å². The molecule has 0 saturated carbocycles. The molecule has 3 heteroatoms. The van der Waals surface area contributed by atoms with Crippen LogP contribution >= 0.6 is 0 Å². The zero-order valence-electron chi connectivity index (χ0n) is 12.8. The number of nitrogens with one attached hydrogen (secondary N) is 1. The van der Waals surface area contributed by atoms with Gasteiger partial charge in [-0.15, -0.1) is 0 Å². The highest BCUT2D eigenvalue weighted by Crippen LogP contribution is 2.15. The van der Waals surface area contributed by atoms with E-state index in [0.717, 1.165) is 19.5 Å². The summed E-state index contributed by atoms with van der Waals surface area (Å²) in [7, 11) is 4.17. The Morgan fingerprint density at radius 2 is 1.79 bits per heavy atom. The lowest BCUT2D eigenvalue weighted by molar-refractivity contribution is 0.385. The summed E-state index contributed by atoms with van der Waals surface area (Å²) in [6.07, 6.45) is 1.14. The molecule has 0 aliphatic rings. The van der Waals surface area contributed by atoms with E-state index in [0.29, 0.717) is 12.5 Å². The predicted octanol–water partition coefficient (Wildman–Crippen LogP) is 2.04. The zero-order valence-corrected chi connectivity index (χ0v) is 12.8. The second-order valence-corrected chi connectivity index (χ2v) is 5.89. The fourth-order valence-corrected chi connectivity index (χ4v) is 2.16. The third-order valence-corrected chi connectivity index (χ3v) is 3.21. The van der Waals surface area contributed by atoms with Gasteiger partial charge in [-0.25, -0.2) is 0 Å². The number of benzene rings is 1. The van der Waals surface area contributed by atoms with Crippen molar-refractivity contribution in [3.05, 3.63) is 35.4 Å². The molecule has 0 spiro atoms. The van der Waals surface area contributed by atoms with Crippen molar-refractivity contribution < 1.29 is 0 Å². The van der Waals surface area contributed by atoms with Crippen LogP contribution in [0.1, 0.15) is 31.0 Å². The third kappa shape index (κ3) is 6.19. The maximum absolute atomic E-state index is 5.86. The van der Waals surface area contributed by atoms with Gasteiger partial charge >= 0.3 is 0 Å². The van der Waals surface area contributed by atoms with Crippen LogP contribution in [0.5, 0.6) is 0 Å². The van der Waals surface area contributed by atoms with Gasteiger partial charge in [0, 0.05) is 25.7 Å². The first-order valence-electron chi connectivity index (χ1n) is 7.20. The van der Waals surface area contributed by atoms with E-state index in [1.54, 1.807) is 0 Å². The molecule has 1 rings (SSSR count). The van der Waals surface area contributed by atoms with E-state index >= 15 is 0 Å². The monoisotopic (exact) mass is 263 g/mol. The van der Waals surface area contributed by atoms with Gasteiger partial charge in [0.1, 0.15) is 0 Å². The van der Waals surface area contributed by atoms with Crippen molar-refractivity contribution in [3.8, 4) is 0 Å². The minimum Gasteiger partial charge on any atom is -0.329 e.